The van der Waals surface area contributed by atoms with Crippen molar-refractivity contribution in [3.63, 3.8) is 0 Å². The van der Waals surface area contributed by atoms with Gasteiger partial charge in [-0.3, -0.25) is 4.79 Å². The summed E-state index contributed by atoms with van der Waals surface area (Å²) in [6.07, 6.45) is 0.341. The van der Waals surface area contributed by atoms with Gasteiger partial charge in [-0.1, -0.05) is 0 Å². The van der Waals surface area contributed by atoms with Crippen LogP contribution in [0.4, 0.5) is 24.7 Å². The fourth-order valence-corrected chi connectivity index (χ4v) is 3.49. The Labute approximate surface area is 176 Å². The van der Waals surface area contributed by atoms with Crippen molar-refractivity contribution in [3.8, 4) is 0 Å². The van der Waals surface area contributed by atoms with Crippen molar-refractivity contribution in [1.29, 1.82) is 0 Å². The van der Waals surface area contributed by atoms with Crippen molar-refractivity contribution in [2.45, 2.75) is 12.7 Å². The van der Waals surface area contributed by atoms with Crippen LogP contribution < -0.4 is 11.1 Å². The molecule has 0 bridgehead atoms. The molecule has 0 saturated carbocycles. The summed E-state index contributed by atoms with van der Waals surface area (Å²) >= 11 is 0. The quantitative estimate of drug-likeness (QED) is 0.614. The molecule has 164 valence electrons. The highest BCUT2D eigenvalue weighted by molar-refractivity contribution is 5.93. The smallest absolute Gasteiger partial charge is 0.399 e. The minimum Gasteiger partial charge on any atom is -0.399 e. The molecule has 0 unspecified atom stereocenters. The van der Waals surface area contributed by atoms with Gasteiger partial charge in [-0.25, -0.2) is 9.97 Å². The van der Waals surface area contributed by atoms with E-state index < -0.39 is 11.7 Å². The van der Waals surface area contributed by atoms with Crippen LogP contribution in [0.25, 0.3) is 5.65 Å². The maximum absolute atomic E-state index is 13.0. The van der Waals surface area contributed by atoms with E-state index in [0.29, 0.717) is 35.8 Å². The Morgan fingerprint density at radius 1 is 1.19 bits per heavy atom. The second-order valence-electron chi connectivity index (χ2n) is 7.54. The third-order valence-corrected chi connectivity index (χ3v) is 5.19. The highest BCUT2D eigenvalue weighted by Gasteiger charge is 2.31. The zero-order chi connectivity index (χ0) is 22.2. The monoisotopic (exact) mass is 433 g/mol. The summed E-state index contributed by atoms with van der Waals surface area (Å²) in [5.41, 5.74) is 5.91. The summed E-state index contributed by atoms with van der Waals surface area (Å²) in [5.74, 6) is 0.198. The Balaban J connectivity index is 1.54. The molecule has 2 aromatic heterocycles. The fraction of sp³-hybridized carbons (Fsp3) is 0.350. The van der Waals surface area contributed by atoms with Gasteiger partial charge in [0.05, 0.1) is 5.56 Å². The number of nitrogen functional groups attached to an aromatic ring is 1. The van der Waals surface area contributed by atoms with E-state index in [9.17, 15) is 18.0 Å². The van der Waals surface area contributed by atoms with Crippen LogP contribution in [0.15, 0.2) is 36.8 Å². The van der Waals surface area contributed by atoms with E-state index in [1.165, 1.54) is 12.3 Å². The number of aromatic nitrogens is 3. The number of benzene rings is 1. The molecule has 0 aliphatic carbocycles. The van der Waals surface area contributed by atoms with Gasteiger partial charge in [0.15, 0.2) is 11.5 Å². The zero-order valence-electron chi connectivity index (χ0n) is 16.9. The molecular weight excluding hydrogens is 411 g/mol. The number of alkyl halides is 3. The zero-order valence-corrected chi connectivity index (χ0v) is 16.9. The van der Waals surface area contributed by atoms with Gasteiger partial charge in [-0.2, -0.15) is 13.2 Å². The Morgan fingerprint density at radius 3 is 2.65 bits per heavy atom. The van der Waals surface area contributed by atoms with E-state index in [1.54, 1.807) is 21.7 Å². The number of carbonyl (C=O) groups excluding carboxylic acids is 1. The fourth-order valence-electron chi connectivity index (χ4n) is 3.49. The molecule has 1 aliphatic rings. The number of hydrogen-bond donors (Lipinski definition) is 2. The van der Waals surface area contributed by atoms with Gasteiger partial charge in [-0.15, -0.1) is 0 Å². The van der Waals surface area contributed by atoms with Crippen LogP contribution in [0.5, 0.6) is 0 Å². The topological polar surface area (TPSA) is 91.8 Å². The third kappa shape index (κ3) is 4.55. The Morgan fingerprint density at radius 2 is 1.94 bits per heavy atom. The first-order valence-corrected chi connectivity index (χ1v) is 9.73. The SMILES string of the molecule is CN1CCN(C(=O)c2cn3ccnc(NCc4cc(N)cc(C(F)(F)F)c4)c3n2)CC1. The van der Waals surface area contributed by atoms with Gasteiger partial charge in [-0.05, 0) is 30.8 Å². The van der Waals surface area contributed by atoms with E-state index in [1.807, 2.05) is 7.05 Å². The molecule has 1 saturated heterocycles. The summed E-state index contributed by atoms with van der Waals surface area (Å²) in [7, 11) is 2.01. The van der Waals surface area contributed by atoms with E-state index in [-0.39, 0.29) is 18.1 Å². The number of rotatable bonds is 4. The molecule has 1 aliphatic heterocycles. The highest BCUT2D eigenvalue weighted by atomic mass is 19.4. The minimum absolute atomic E-state index is 0.0265. The van der Waals surface area contributed by atoms with Crippen LogP contribution >= 0.6 is 0 Å². The lowest BCUT2D eigenvalue weighted by molar-refractivity contribution is -0.137. The number of likely N-dealkylation sites (N-methyl/N-ethyl adjacent to an activating group) is 1. The first-order chi connectivity index (χ1) is 14.7. The van der Waals surface area contributed by atoms with Gasteiger partial charge in [0.2, 0.25) is 0 Å². The number of piperazine rings is 1. The Hall–Kier alpha value is -3.34. The minimum atomic E-state index is -4.48. The van der Waals surface area contributed by atoms with Gasteiger partial charge in [0.25, 0.3) is 5.91 Å². The number of nitrogens with one attached hydrogen (secondary N) is 1. The van der Waals surface area contributed by atoms with E-state index in [2.05, 4.69) is 20.2 Å². The van der Waals surface area contributed by atoms with Crippen LogP contribution in [0.3, 0.4) is 0 Å². The number of nitrogens with zero attached hydrogens (tertiary/aromatic N) is 5. The van der Waals surface area contributed by atoms with Crippen molar-refractivity contribution in [1.82, 2.24) is 24.2 Å². The third-order valence-electron chi connectivity index (χ3n) is 5.19. The Bertz CT molecular complexity index is 1100. The molecule has 0 atom stereocenters. The summed E-state index contributed by atoms with van der Waals surface area (Å²) in [4.78, 5) is 25.4. The molecule has 3 N–H and O–H groups in total. The van der Waals surface area contributed by atoms with E-state index >= 15 is 0 Å². The predicted molar refractivity (Wildman–Crippen MR) is 110 cm³/mol. The van der Waals surface area contributed by atoms with Gasteiger partial charge >= 0.3 is 6.18 Å². The standard InChI is InChI=1S/C20H22F3N7O/c1-28-4-6-29(7-5-28)19(31)16-12-30-3-2-25-17(18(30)27-16)26-11-13-8-14(20(21,22)23)10-15(24)9-13/h2-3,8-10,12H,4-7,11,24H2,1H3,(H,25,26). The summed E-state index contributed by atoms with van der Waals surface area (Å²) in [5, 5.41) is 3.00. The molecule has 1 amide bonds. The largest absolute Gasteiger partial charge is 0.416 e. The molecular formula is C20H22F3N7O. The molecule has 0 radical (unpaired) electrons. The Kier molecular flexibility index (Phi) is 5.44. The number of hydrogen-bond acceptors (Lipinski definition) is 6. The van der Waals surface area contributed by atoms with Crippen molar-refractivity contribution in [2.24, 2.45) is 0 Å². The van der Waals surface area contributed by atoms with Crippen molar-refractivity contribution < 1.29 is 18.0 Å². The number of amides is 1. The molecule has 3 aromatic rings. The van der Waals surface area contributed by atoms with Crippen molar-refractivity contribution >= 4 is 23.1 Å². The average molecular weight is 433 g/mol. The molecule has 8 nitrogen and oxygen atoms in total. The van der Waals surface area contributed by atoms with Crippen LogP contribution in [0.2, 0.25) is 0 Å². The lowest BCUT2D eigenvalue weighted by atomic mass is 10.1. The first-order valence-electron chi connectivity index (χ1n) is 9.73. The van der Waals surface area contributed by atoms with Gasteiger partial charge in [0, 0.05) is 57.0 Å². The van der Waals surface area contributed by atoms with Crippen LogP contribution in [-0.2, 0) is 12.7 Å². The van der Waals surface area contributed by atoms with Crippen LogP contribution in [0, 0.1) is 0 Å². The maximum Gasteiger partial charge on any atom is 0.416 e. The number of halogens is 3. The van der Waals surface area contributed by atoms with E-state index in [4.69, 9.17) is 5.73 Å². The molecule has 1 fully saturated rings. The number of fused-ring (bicyclic) bond motifs is 1. The van der Waals surface area contributed by atoms with Gasteiger partial charge in [0.1, 0.15) is 5.69 Å². The number of imidazole rings is 1. The number of carbonyl (C=O) groups is 1. The first kappa shape index (κ1) is 20.9. The van der Waals surface area contributed by atoms with Gasteiger partial charge < -0.3 is 25.3 Å². The number of anilines is 2. The number of nitrogens with two attached hydrogens (primary N) is 1. The molecule has 4 rings (SSSR count). The maximum atomic E-state index is 13.0. The lowest BCUT2D eigenvalue weighted by Crippen LogP contribution is -2.47. The molecule has 0 spiro atoms. The predicted octanol–water partition coefficient (Wildman–Crippen LogP) is 2.33. The van der Waals surface area contributed by atoms with Crippen molar-refractivity contribution in [3.05, 3.63) is 53.6 Å². The second-order valence-corrected chi connectivity index (χ2v) is 7.54. The second kappa shape index (κ2) is 8.06. The van der Waals surface area contributed by atoms with Crippen molar-refractivity contribution in [2.75, 3.05) is 44.3 Å². The summed E-state index contributed by atoms with van der Waals surface area (Å²) in [6, 6.07) is 3.40. The van der Waals surface area contributed by atoms with E-state index in [0.717, 1.165) is 25.2 Å². The average Bonchev–Trinajstić information content (AvgIpc) is 3.16. The van der Waals surface area contributed by atoms with Crippen LogP contribution in [-0.4, -0.2) is 63.3 Å². The molecule has 1 aromatic carbocycles. The lowest BCUT2D eigenvalue weighted by Gasteiger charge is -2.31. The highest BCUT2D eigenvalue weighted by Crippen LogP contribution is 2.31. The normalized spacial score (nSPS) is 15.4. The van der Waals surface area contributed by atoms with Crippen LogP contribution in [0.1, 0.15) is 21.6 Å². The summed E-state index contributed by atoms with van der Waals surface area (Å²) in [6.45, 7) is 2.92. The molecule has 31 heavy (non-hydrogen) atoms. The molecule has 11 heteroatoms. The molecule has 3 heterocycles. The summed E-state index contributed by atoms with van der Waals surface area (Å²) < 4.78 is 40.8.